The normalized spacial score (nSPS) is 14.9. The number of nitrogens with one attached hydrogen (secondary N) is 1. The Morgan fingerprint density at radius 2 is 1.75 bits per heavy atom. The smallest absolute Gasteiger partial charge is 0.106 e. The molecule has 1 aromatic carbocycles. The lowest BCUT2D eigenvalue weighted by atomic mass is 9.99. The van der Waals surface area contributed by atoms with Gasteiger partial charge in [0.05, 0.1) is 6.10 Å². The quantitative estimate of drug-likeness (QED) is 0.753. The fourth-order valence-corrected chi connectivity index (χ4v) is 1.80. The van der Waals surface area contributed by atoms with Crippen molar-refractivity contribution in [2.24, 2.45) is 0 Å². The van der Waals surface area contributed by atoms with E-state index in [0.717, 1.165) is 11.1 Å². The number of aliphatic hydroxyl groups is 2. The van der Waals surface area contributed by atoms with Crippen LogP contribution in [-0.4, -0.2) is 29.9 Å². The van der Waals surface area contributed by atoms with E-state index in [2.05, 4.69) is 5.32 Å². The zero-order valence-electron chi connectivity index (χ0n) is 9.79. The van der Waals surface area contributed by atoms with Crippen molar-refractivity contribution >= 4 is 11.6 Å². The third-order valence-electron chi connectivity index (χ3n) is 2.58. The van der Waals surface area contributed by atoms with Crippen LogP contribution in [0.1, 0.15) is 22.8 Å². The maximum absolute atomic E-state index is 9.93. The number of benzene rings is 1. The van der Waals surface area contributed by atoms with Crippen molar-refractivity contribution < 1.29 is 10.2 Å². The molecule has 2 atom stereocenters. The van der Waals surface area contributed by atoms with E-state index in [0.29, 0.717) is 17.1 Å². The van der Waals surface area contributed by atoms with E-state index < -0.39 is 12.2 Å². The SMILES string of the molecule is CNCC(O)C(O)c1cc(C)c(Cl)c(C)c1. The van der Waals surface area contributed by atoms with Gasteiger partial charge in [0.1, 0.15) is 6.10 Å². The molecule has 0 radical (unpaired) electrons. The van der Waals surface area contributed by atoms with Gasteiger partial charge in [0.2, 0.25) is 0 Å². The molecule has 0 fully saturated rings. The van der Waals surface area contributed by atoms with Gasteiger partial charge in [-0.05, 0) is 37.6 Å². The monoisotopic (exact) mass is 243 g/mol. The van der Waals surface area contributed by atoms with Gasteiger partial charge >= 0.3 is 0 Å². The molecule has 4 heteroatoms. The van der Waals surface area contributed by atoms with Crippen LogP contribution in [0.3, 0.4) is 0 Å². The second kappa shape index (κ2) is 5.64. The minimum Gasteiger partial charge on any atom is -0.389 e. The summed E-state index contributed by atoms with van der Waals surface area (Å²) in [7, 11) is 1.73. The standard InChI is InChI=1S/C12H18ClNO2/c1-7-4-9(5-8(2)11(7)13)12(16)10(15)6-14-3/h4-5,10,12,14-16H,6H2,1-3H3. The van der Waals surface area contributed by atoms with E-state index in [-0.39, 0.29) is 0 Å². The number of halogens is 1. The zero-order chi connectivity index (χ0) is 12.3. The number of aryl methyl sites for hydroxylation is 2. The average molecular weight is 244 g/mol. The molecular weight excluding hydrogens is 226 g/mol. The molecular formula is C12H18ClNO2. The Balaban J connectivity index is 2.96. The summed E-state index contributed by atoms with van der Waals surface area (Å²) in [5.41, 5.74) is 2.52. The van der Waals surface area contributed by atoms with Gasteiger partial charge in [-0.3, -0.25) is 0 Å². The molecule has 1 rings (SSSR count). The fourth-order valence-electron chi connectivity index (χ4n) is 1.69. The third kappa shape index (κ3) is 2.95. The molecule has 0 aliphatic carbocycles. The summed E-state index contributed by atoms with van der Waals surface area (Å²) in [4.78, 5) is 0. The van der Waals surface area contributed by atoms with E-state index in [1.807, 2.05) is 13.8 Å². The lowest BCUT2D eigenvalue weighted by Gasteiger charge is -2.19. The highest BCUT2D eigenvalue weighted by Crippen LogP contribution is 2.26. The average Bonchev–Trinajstić information content (AvgIpc) is 2.24. The molecule has 0 amide bonds. The highest BCUT2D eigenvalue weighted by atomic mass is 35.5. The summed E-state index contributed by atoms with van der Waals surface area (Å²) >= 11 is 6.04. The van der Waals surface area contributed by atoms with Crippen LogP contribution in [0, 0.1) is 13.8 Å². The van der Waals surface area contributed by atoms with Crippen molar-refractivity contribution in [3.05, 3.63) is 33.8 Å². The number of aliphatic hydroxyl groups excluding tert-OH is 2. The number of hydrogen-bond acceptors (Lipinski definition) is 3. The Morgan fingerprint density at radius 3 is 2.19 bits per heavy atom. The second-order valence-corrected chi connectivity index (χ2v) is 4.42. The largest absolute Gasteiger partial charge is 0.389 e. The first-order valence-electron chi connectivity index (χ1n) is 5.24. The van der Waals surface area contributed by atoms with Gasteiger partial charge in [-0.2, -0.15) is 0 Å². The minimum atomic E-state index is -0.887. The molecule has 1 aromatic rings. The lowest BCUT2D eigenvalue weighted by molar-refractivity contribution is 0.0202. The van der Waals surface area contributed by atoms with Crippen LogP contribution in [0.5, 0.6) is 0 Å². The summed E-state index contributed by atoms with van der Waals surface area (Å²) in [5.74, 6) is 0. The van der Waals surface area contributed by atoms with Crippen LogP contribution in [0.25, 0.3) is 0 Å². The molecule has 3 nitrogen and oxygen atoms in total. The molecule has 0 heterocycles. The van der Waals surface area contributed by atoms with Gasteiger partial charge in [0, 0.05) is 11.6 Å². The summed E-state index contributed by atoms with van der Waals surface area (Å²) in [6.45, 7) is 4.12. The summed E-state index contributed by atoms with van der Waals surface area (Å²) in [6.07, 6.45) is -1.70. The summed E-state index contributed by atoms with van der Waals surface area (Å²) < 4.78 is 0. The highest BCUT2D eigenvalue weighted by molar-refractivity contribution is 6.32. The van der Waals surface area contributed by atoms with Crippen molar-refractivity contribution in [1.82, 2.24) is 5.32 Å². The fraction of sp³-hybridized carbons (Fsp3) is 0.500. The van der Waals surface area contributed by atoms with Crippen LogP contribution in [0.15, 0.2) is 12.1 Å². The van der Waals surface area contributed by atoms with Crippen LogP contribution in [0.4, 0.5) is 0 Å². The van der Waals surface area contributed by atoms with Crippen molar-refractivity contribution in [2.75, 3.05) is 13.6 Å². The molecule has 2 unspecified atom stereocenters. The minimum absolute atomic E-state index is 0.349. The van der Waals surface area contributed by atoms with Gasteiger partial charge in [0.25, 0.3) is 0 Å². The third-order valence-corrected chi connectivity index (χ3v) is 3.17. The van der Waals surface area contributed by atoms with Crippen LogP contribution in [-0.2, 0) is 0 Å². The van der Waals surface area contributed by atoms with Gasteiger partial charge in [-0.1, -0.05) is 23.7 Å². The first-order valence-corrected chi connectivity index (χ1v) is 5.62. The van der Waals surface area contributed by atoms with Gasteiger partial charge in [-0.15, -0.1) is 0 Å². The van der Waals surface area contributed by atoms with Crippen molar-refractivity contribution in [2.45, 2.75) is 26.1 Å². The Labute approximate surface area is 101 Å². The molecule has 0 spiro atoms. The molecule has 0 aliphatic heterocycles. The Kier molecular flexibility index (Phi) is 4.74. The molecule has 0 aliphatic rings. The van der Waals surface area contributed by atoms with Gasteiger partial charge in [-0.25, -0.2) is 0 Å². The first-order chi connectivity index (χ1) is 7.47. The van der Waals surface area contributed by atoms with E-state index in [1.54, 1.807) is 19.2 Å². The maximum Gasteiger partial charge on any atom is 0.106 e. The van der Waals surface area contributed by atoms with E-state index in [4.69, 9.17) is 11.6 Å². The molecule has 0 bridgehead atoms. The predicted octanol–water partition coefficient (Wildman–Crippen LogP) is 1.57. The molecule has 3 N–H and O–H groups in total. The molecule has 16 heavy (non-hydrogen) atoms. The van der Waals surface area contributed by atoms with Crippen molar-refractivity contribution in [3.8, 4) is 0 Å². The van der Waals surface area contributed by atoms with Crippen LogP contribution >= 0.6 is 11.6 Å². The van der Waals surface area contributed by atoms with Crippen molar-refractivity contribution in [1.29, 1.82) is 0 Å². The maximum atomic E-state index is 9.93. The van der Waals surface area contributed by atoms with E-state index in [1.165, 1.54) is 0 Å². The number of hydrogen-bond donors (Lipinski definition) is 3. The lowest BCUT2D eigenvalue weighted by Crippen LogP contribution is -2.29. The van der Waals surface area contributed by atoms with E-state index in [9.17, 15) is 10.2 Å². The Hall–Kier alpha value is -0.610. The number of likely N-dealkylation sites (N-methyl/N-ethyl adjacent to an activating group) is 1. The molecule has 90 valence electrons. The zero-order valence-corrected chi connectivity index (χ0v) is 10.5. The first kappa shape index (κ1) is 13.5. The summed E-state index contributed by atoms with van der Waals surface area (Å²) in [5, 5.41) is 23.1. The van der Waals surface area contributed by atoms with Gasteiger partial charge in [0.15, 0.2) is 0 Å². The molecule has 0 saturated heterocycles. The topological polar surface area (TPSA) is 52.5 Å². The second-order valence-electron chi connectivity index (χ2n) is 4.04. The van der Waals surface area contributed by atoms with Gasteiger partial charge < -0.3 is 15.5 Å². The van der Waals surface area contributed by atoms with Crippen LogP contribution < -0.4 is 5.32 Å². The highest BCUT2D eigenvalue weighted by Gasteiger charge is 2.18. The number of rotatable bonds is 4. The molecule has 0 aromatic heterocycles. The molecule has 0 saturated carbocycles. The van der Waals surface area contributed by atoms with Crippen LogP contribution in [0.2, 0.25) is 5.02 Å². The summed E-state index contributed by atoms with van der Waals surface area (Å²) in [6, 6.07) is 3.61. The predicted molar refractivity (Wildman–Crippen MR) is 65.8 cm³/mol. The Bertz CT molecular complexity index is 345. The van der Waals surface area contributed by atoms with E-state index >= 15 is 0 Å². The van der Waals surface area contributed by atoms with Crippen molar-refractivity contribution in [3.63, 3.8) is 0 Å². The Morgan fingerprint density at radius 1 is 1.25 bits per heavy atom.